The van der Waals surface area contributed by atoms with Gasteiger partial charge in [0, 0.05) is 18.9 Å². The lowest BCUT2D eigenvalue weighted by atomic mass is 10.1. The van der Waals surface area contributed by atoms with Crippen molar-refractivity contribution in [2.75, 3.05) is 22.9 Å². The fourth-order valence-corrected chi connectivity index (χ4v) is 6.19. The van der Waals surface area contributed by atoms with Crippen LogP contribution in [0.25, 0.3) is 21.5 Å². The maximum Gasteiger partial charge on any atom is 0.343 e. The topological polar surface area (TPSA) is 179 Å². The lowest BCUT2D eigenvalue weighted by molar-refractivity contribution is -0.127. The number of carbonyl (C=O) groups excluding carboxylic acids is 7. The van der Waals surface area contributed by atoms with Gasteiger partial charge in [0.15, 0.2) is 0 Å². The molecule has 13 nitrogen and oxygen atoms in total. The quantitative estimate of drug-likeness (QED) is 0.109. The van der Waals surface area contributed by atoms with E-state index >= 15 is 0 Å². The number of hydrogen-bond donors (Lipinski definition) is 3. The summed E-state index contributed by atoms with van der Waals surface area (Å²) in [5.41, 5.74) is 1.12. The molecule has 3 N–H and O–H groups in total. The molecule has 6 rings (SSSR count). The monoisotopic (exact) mass is 714 g/mol. The average molecular weight is 715 g/mol. The fourth-order valence-electron chi connectivity index (χ4n) is 6.19. The Labute approximate surface area is 303 Å². The van der Waals surface area contributed by atoms with Crippen molar-refractivity contribution >= 4 is 74.6 Å². The third-order valence-electron chi connectivity index (χ3n) is 8.74. The van der Waals surface area contributed by atoms with Gasteiger partial charge in [0.25, 0.3) is 11.8 Å². The van der Waals surface area contributed by atoms with E-state index in [9.17, 15) is 38.7 Å². The Hall–Kier alpha value is -6.89. The number of aromatic hydroxyl groups is 1. The number of amides is 4. The number of para-hydroxylation sites is 2. The van der Waals surface area contributed by atoms with Gasteiger partial charge in [0.05, 0.1) is 29.5 Å². The van der Waals surface area contributed by atoms with E-state index in [1.807, 2.05) is 0 Å². The van der Waals surface area contributed by atoms with Gasteiger partial charge in [-0.1, -0.05) is 36.4 Å². The van der Waals surface area contributed by atoms with Crippen molar-refractivity contribution in [1.82, 2.24) is 10.6 Å². The highest BCUT2D eigenvalue weighted by molar-refractivity contribution is 6.11. The molecule has 0 aromatic heterocycles. The van der Waals surface area contributed by atoms with Crippen LogP contribution in [0.15, 0.2) is 97.1 Å². The van der Waals surface area contributed by atoms with E-state index in [0.29, 0.717) is 28.3 Å². The zero-order valence-corrected chi connectivity index (χ0v) is 28.7. The number of carbonyl (C=O) groups is 7. The number of ketones is 1. The number of aldehydes is 1. The van der Waals surface area contributed by atoms with E-state index in [1.54, 1.807) is 91.0 Å². The number of ether oxygens (including phenoxy) is 1. The van der Waals surface area contributed by atoms with Crippen LogP contribution in [0.4, 0.5) is 11.4 Å². The lowest BCUT2D eigenvalue weighted by Gasteiger charge is -2.25. The maximum atomic E-state index is 14.0. The van der Waals surface area contributed by atoms with Gasteiger partial charge in [0.1, 0.15) is 36.2 Å². The number of phenols is 1. The summed E-state index contributed by atoms with van der Waals surface area (Å²) in [5, 5.41) is 17.7. The number of esters is 1. The molecule has 0 saturated carbocycles. The fraction of sp³-hybridized carbons (Fsp3) is 0.175. The lowest BCUT2D eigenvalue weighted by Crippen LogP contribution is -2.54. The Balaban J connectivity index is 1.20. The highest BCUT2D eigenvalue weighted by Crippen LogP contribution is 2.33. The number of benzene rings is 5. The molecule has 0 aliphatic carbocycles. The molecule has 0 saturated heterocycles. The van der Waals surface area contributed by atoms with E-state index in [2.05, 4.69) is 10.6 Å². The van der Waals surface area contributed by atoms with E-state index in [1.165, 1.54) is 24.8 Å². The van der Waals surface area contributed by atoms with Crippen molar-refractivity contribution in [3.63, 3.8) is 0 Å². The summed E-state index contributed by atoms with van der Waals surface area (Å²) in [4.78, 5) is 92.0. The van der Waals surface area contributed by atoms with Crippen molar-refractivity contribution in [2.24, 2.45) is 0 Å². The number of nitrogens with one attached hydrogen (secondary N) is 2. The number of anilines is 2. The second-order valence-electron chi connectivity index (χ2n) is 12.6. The minimum Gasteiger partial charge on any atom is -0.508 e. The Morgan fingerprint density at radius 3 is 2.15 bits per heavy atom. The number of Topliss-reactive ketones (excluding diaryl/α,β-unsaturated/α-hetero) is 1. The molecule has 5 aromatic carbocycles. The Kier molecular flexibility index (Phi) is 10.3. The molecular weight excluding hydrogens is 680 g/mol. The molecule has 1 aliphatic rings. The number of fused-ring (bicyclic) bond motifs is 3. The first-order chi connectivity index (χ1) is 25.4. The van der Waals surface area contributed by atoms with Gasteiger partial charge in [-0.3, -0.25) is 28.9 Å². The second kappa shape index (κ2) is 15.2. The predicted octanol–water partition coefficient (Wildman–Crippen LogP) is 4.08. The number of hydrogen-bond acceptors (Lipinski definition) is 9. The molecule has 0 spiro atoms. The van der Waals surface area contributed by atoms with Gasteiger partial charge >= 0.3 is 5.97 Å². The second-order valence-corrected chi connectivity index (χ2v) is 12.6. The van der Waals surface area contributed by atoms with Crippen LogP contribution in [0.3, 0.4) is 0 Å². The summed E-state index contributed by atoms with van der Waals surface area (Å²) >= 11 is 0. The molecule has 0 bridgehead atoms. The molecule has 2 atom stereocenters. The van der Waals surface area contributed by atoms with Crippen LogP contribution in [-0.2, 0) is 24.0 Å². The number of rotatable bonds is 10. The van der Waals surface area contributed by atoms with Gasteiger partial charge in [-0.15, -0.1) is 0 Å². The first kappa shape index (κ1) is 35.9. The third-order valence-corrected chi connectivity index (χ3v) is 8.74. The molecule has 268 valence electrons. The summed E-state index contributed by atoms with van der Waals surface area (Å²) in [7, 11) is 0. The Bertz CT molecular complexity index is 2320. The molecule has 0 radical (unpaired) electrons. The van der Waals surface area contributed by atoms with E-state index < -0.39 is 48.2 Å². The van der Waals surface area contributed by atoms with Crippen LogP contribution in [0.2, 0.25) is 0 Å². The summed E-state index contributed by atoms with van der Waals surface area (Å²) in [5.74, 6) is -2.89. The highest BCUT2D eigenvalue weighted by atomic mass is 16.5. The molecule has 0 unspecified atom stereocenters. The maximum absolute atomic E-state index is 14.0. The van der Waals surface area contributed by atoms with Gasteiger partial charge in [-0.2, -0.15) is 0 Å². The van der Waals surface area contributed by atoms with Gasteiger partial charge < -0.3 is 30.2 Å². The summed E-state index contributed by atoms with van der Waals surface area (Å²) in [6.07, 6.45) is 0.225. The molecule has 53 heavy (non-hydrogen) atoms. The minimum atomic E-state index is -1.27. The van der Waals surface area contributed by atoms with Crippen LogP contribution in [0.1, 0.15) is 41.0 Å². The first-order valence-electron chi connectivity index (χ1n) is 16.6. The van der Waals surface area contributed by atoms with Crippen LogP contribution >= 0.6 is 0 Å². The van der Waals surface area contributed by atoms with Crippen molar-refractivity contribution in [2.45, 2.75) is 32.4 Å². The van der Waals surface area contributed by atoms with Crippen LogP contribution < -0.4 is 25.2 Å². The summed E-state index contributed by atoms with van der Waals surface area (Å²) < 4.78 is 5.62. The molecule has 1 heterocycles. The zero-order valence-electron chi connectivity index (χ0n) is 28.7. The van der Waals surface area contributed by atoms with Crippen LogP contribution in [0, 0.1) is 0 Å². The first-order valence-corrected chi connectivity index (χ1v) is 16.6. The molecule has 5 aromatic rings. The zero-order chi connectivity index (χ0) is 37.8. The van der Waals surface area contributed by atoms with Crippen LogP contribution in [0.5, 0.6) is 11.5 Å². The van der Waals surface area contributed by atoms with Gasteiger partial charge in [0.2, 0.25) is 11.8 Å². The molecule has 13 heteroatoms. The largest absolute Gasteiger partial charge is 0.508 e. The van der Waals surface area contributed by atoms with E-state index in [-0.39, 0.29) is 41.5 Å². The van der Waals surface area contributed by atoms with Gasteiger partial charge in [-0.25, -0.2) is 4.79 Å². The van der Waals surface area contributed by atoms with E-state index in [4.69, 9.17) is 4.74 Å². The van der Waals surface area contributed by atoms with Crippen molar-refractivity contribution in [3.05, 3.63) is 108 Å². The Morgan fingerprint density at radius 2 is 1.45 bits per heavy atom. The van der Waals surface area contributed by atoms with Crippen molar-refractivity contribution in [3.8, 4) is 11.5 Å². The SMILES string of the molecule is CC(=O)C[C@@H](C=O)NC(=O)CN1C(=O)[C@@H](NC(=O)c2ccc3cc(OC(=O)c4ccc5cc(O)ccc5c4)ccc3c2)CN(C(C)=O)c2ccccc21. The molecule has 1 aliphatic heterocycles. The van der Waals surface area contributed by atoms with Crippen LogP contribution in [-0.4, -0.2) is 71.9 Å². The third kappa shape index (κ3) is 8.04. The van der Waals surface area contributed by atoms with Gasteiger partial charge in [-0.05, 0) is 89.1 Å². The molecule has 4 amide bonds. The Morgan fingerprint density at radius 1 is 0.830 bits per heavy atom. The average Bonchev–Trinajstić information content (AvgIpc) is 3.24. The van der Waals surface area contributed by atoms with Crippen molar-refractivity contribution < 1.29 is 43.4 Å². The van der Waals surface area contributed by atoms with E-state index in [0.717, 1.165) is 15.7 Å². The smallest absolute Gasteiger partial charge is 0.343 e. The minimum absolute atomic E-state index is 0.121. The normalized spacial score (nSPS) is 14.5. The highest BCUT2D eigenvalue weighted by Gasteiger charge is 2.37. The predicted molar refractivity (Wildman–Crippen MR) is 196 cm³/mol. The number of nitrogens with zero attached hydrogens (tertiary/aromatic N) is 2. The summed E-state index contributed by atoms with van der Waals surface area (Å²) in [6, 6.07) is 23.7. The van der Waals surface area contributed by atoms with Crippen molar-refractivity contribution in [1.29, 1.82) is 0 Å². The molecular formula is C40H34N4O9. The number of phenolic OH excluding ortho intramolecular Hbond substituents is 1. The summed E-state index contributed by atoms with van der Waals surface area (Å²) in [6.45, 7) is 1.83. The molecule has 0 fully saturated rings. The standard InChI is InChI=1S/C40H34N4O9/c1-23(46)15-31(22-45)41-37(49)21-44-36-6-4-3-5-35(36)43(24(2)47)20-34(39(44)51)42-38(50)29-9-7-28-19-33(14-12-26(28)16-29)53-40(52)30-10-8-27-18-32(48)13-11-25(27)17-30/h3-14,16-19,22,31,34,48H,15,20-21H2,1-2H3,(H,41,49)(H,42,50)/t31-,34-/m0/s1.